The summed E-state index contributed by atoms with van der Waals surface area (Å²) in [4.78, 5) is 0. The molecule has 0 spiro atoms. The fourth-order valence-electron chi connectivity index (χ4n) is 2.84. The minimum Gasteiger partial charge on any atom is -0.390 e. The van der Waals surface area contributed by atoms with Crippen molar-refractivity contribution in [3.8, 4) is 0 Å². The van der Waals surface area contributed by atoms with Crippen LogP contribution in [0.1, 0.15) is 24.0 Å². The Morgan fingerprint density at radius 1 is 0.833 bits per heavy atom. The van der Waals surface area contributed by atoms with Gasteiger partial charge in [0, 0.05) is 6.42 Å². The van der Waals surface area contributed by atoms with E-state index in [1.807, 2.05) is 60.7 Å². The second-order valence-electron chi connectivity index (χ2n) is 6.14. The molecule has 0 aromatic heterocycles. The number of ether oxygens (including phenoxy) is 2. The maximum atomic E-state index is 10.3. The van der Waals surface area contributed by atoms with E-state index >= 15 is 0 Å². The van der Waals surface area contributed by atoms with Crippen molar-refractivity contribution < 1.29 is 14.6 Å². The van der Waals surface area contributed by atoms with Crippen LogP contribution in [0, 0.1) is 0 Å². The normalized spacial score (nSPS) is 23.8. The summed E-state index contributed by atoms with van der Waals surface area (Å²) in [7, 11) is 0. The average Bonchev–Trinajstić information content (AvgIpc) is 2.81. The van der Waals surface area contributed by atoms with Crippen LogP contribution in [0.25, 0.3) is 0 Å². The van der Waals surface area contributed by atoms with Gasteiger partial charge in [-0.15, -0.1) is 0 Å². The molecule has 0 radical (unpaired) electrons. The molecule has 0 saturated heterocycles. The Morgan fingerprint density at radius 3 is 2.04 bits per heavy atom. The highest BCUT2D eigenvalue weighted by Gasteiger charge is 2.25. The van der Waals surface area contributed by atoms with Crippen LogP contribution in [0.2, 0.25) is 0 Å². The van der Waals surface area contributed by atoms with Crippen LogP contribution in [0.15, 0.2) is 72.8 Å². The molecule has 0 saturated carbocycles. The first-order chi connectivity index (χ1) is 11.8. The van der Waals surface area contributed by atoms with Crippen LogP contribution < -0.4 is 0 Å². The predicted molar refractivity (Wildman–Crippen MR) is 94.4 cm³/mol. The van der Waals surface area contributed by atoms with E-state index < -0.39 is 6.10 Å². The molecule has 2 aromatic carbocycles. The zero-order valence-electron chi connectivity index (χ0n) is 13.8. The molecule has 0 unspecified atom stereocenters. The zero-order valence-corrected chi connectivity index (χ0v) is 13.8. The lowest BCUT2D eigenvalue weighted by Crippen LogP contribution is -2.31. The Labute approximate surface area is 143 Å². The third kappa shape index (κ3) is 5.03. The molecule has 1 N–H and O–H groups in total. The van der Waals surface area contributed by atoms with E-state index in [0.29, 0.717) is 26.1 Å². The molecule has 0 amide bonds. The molecule has 0 aliphatic heterocycles. The monoisotopic (exact) mass is 324 g/mol. The Balaban J connectivity index is 1.54. The SMILES string of the molecule is O[C@@H]1CC=C[C@@H](OCc2ccccc2)C[C@H]1OCc1ccccc1. The first kappa shape index (κ1) is 16.9. The lowest BCUT2D eigenvalue weighted by molar-refractivity contribution is -0.0681. The summed E-state index contributed by atoms with van der Waals surface area (Å²) in [5.41, 5.74) is 2.26. The quantitative estimate of drug-likeness (QED) is 0.820. The van der Waals surface area contributed by atoms with E-state index in [1.54, 1.807) is 0 Å². The number of aliphatic hydroxyl groups excluding tert-OH is 1. The summed E-state index contributed by atoms with van der Waals surface area (Å²) in [5, 5.41) is 10.3. The van der Waals surface area contributed by atoms with Crippen LogP contribution in [0.5, 0.6) is 0 Å². The first-order valence-corrected chi connectivity index (χ1v) is 8.47. The molecular weight excluding hydrogens is 300 g/mol. The summed E-state index contributed by atoms with van der Waals surface area (Å²) in [5.74, 6) is 0. The smallest absolute Gasteiger partial charge is 0.0869 e. The largest absolute Gasteiger partial charge is 0.390 e. The number of aliphatic hydroxyl groups is 1. The highest BCUT2D eigenvalue weighted by molar-refractivity contribution is 5.14. The van der Waals surface area contributed by atoms with Gasteiger partial charge in [0.05, 0.1) is 31.5 Å². The number of hydrogen-bond acceptors (Lipinski definition) is 3. The Bertz CT molecular complexity index is 624. The van der Waals surface area contributed by atoms with Crippen LogP contribution in [0.4, 0.5) is 0 Å². The van der Waals surface area contributed by atoms with E-state index in [-0.39, 0.29) is 12.2 Å². The fourth-order valence-corrected chi connectivity index (χ4v) is 2.84. The van der Waals surface area contributed by atoms with Gasteiger partial charge in [-0.1, -0.05) is 72.8 Å². The maximum absolute atomic E-state index is 10.3. The number of rotatable bonds is 6. The van der Waals surface area contributed by atoms with E-state index in [9.17, 15) is 5.11 Å². The molecule has 3 rings (SSSR count). The molecule has 24 heavy (non-hydrogen) atoms. The van der Waals surface area contributed by atoms with Gasteiger partial charge >= 0.3 is 0 Å². The van der Waals surface area contributed by atoms with Crippen molar-refractivity contribution in [1.82, 2.24) is 0 Å². The van der Waals surface area contributed by atoms with Crippen molar-refractivity contribution in [1.29, 1.82) is 0 Å². The Hall–Kier alpha value is -1.94. The summed E-state index contributed by atoms with van der Waals surface area (Å²) >= 11 is 0. The third-order valence-corrected chi connectivity index (χ3v) is 4.24. The van der Waals surface area contributed by atoms with Gasteiger partial charge in [-0.3, -0.25) is 0 Å². The maximum Gasteiger partial charge on any atom is 0.0869 e. The van der Waals surface area contributed by atoms with E-state index in [0.717, 1.165) is 11.1 Å². The second-order valence-corrected chi connectivity index (χ2v) is 6.14. The van der Waals surface area contributed by atoms with Crippen molar-refractivity contribution in [2.24, 2.45) is 0 Å². The van der Waals surface area contributed by atoms with Crippen LogP contribution >= 0.6 is 0 Å². The molecule has 1 aliphatic carbocycles. The van der Waals surface area contributed by atoms with Crippen molar-refractivity contribution in [3.63, 3.8) is 0 Å². The topological polar surface area (TPSA) is 38.7 Å². The first-order valence-electron chi connectivity index (χ1n) is 8.47. The fraction of sp³-hybridized carbons (Fsp3) is 0.333. The molecule has 3 nitrogen and oxygen atoms in total. The van der Waals surface area contributed by atoms with Gasteiger partial charge in [0.2, 0.25) is 0 Å². The highest BCUT2D eigenvalue weighted by atomic mass is 16.5. The van der Waals surface area contributed by atoms with Gasteiger partial charge in [-0.25, -0.2) is 0 Å². The number of benzene rings is 2. The van der Waals surface area contributed by atoms with E-state index in [2.05, 4.69) is 12.1 Å². The summed E-state index contributed by atoms with van der Waals surface area (Å²) < 4.78 is 12.0. The van der Waals surface area contributed by atoms with Gasteiger partial charge in [0.25, 0.3) is 0 Å². The highest BCUT2D eigenvalue weighted by Crippen LogP contribution is 2.21. The standard InChI is InChI=1S/C21H24O3/c22-20-13-7-12-19(23-15-17-8-3-1-4-9-17)14-21(20)24-16-18-10-5-2-6-11-18/h1-12,19-22H,13-16H2/t19-,20-,21-/m1/s1. The van der Waals surface area contributed by atoms with E-state index in [4.69, 9.17) is 9.47 Å². The minimum atomic E-state index is -0.490. The average molecular weight is 324 g/mol. The zero-order chi connectivity index (χ0) is 16.6. The molecular formula is C21H24O3. The molecule has 0 fully saturated rings. The lowest BCUT2D eigenvalue weighted by atomic mass is 10.1. The third-order valence-electron chi connectivity index (χ3n) is 4.24. The summed E-state index contributed by atoms with van der Waals surface area (Å²) in [6.07, 6.45) is 4.55. The molecule has 1 aliphatic rings. The van der Waals surface area contributed by atoms with Crippen LogP contribution in [-0.4, -0.2) is 23.4 Å². The Morgan fingerprint density at radius 2 is 1.42 bits per heavy atom. The van der Waals surface area contributed by atoms with Gasteiger partial charge in [-0.2, -0.15) is 0 Å². The Kier molecular flexibility index (Phi) is 6.19. The van der Waals surface area contributed by atoms with Crippen molar-refractivity contribution in [2.45, 2.75) is 44.4 Å². The summed E-state index contributed by atoms with van der Waals surface area (Å²) in [6, 6.07) is 20.2. The van der Waals surface area contributed by atoms with Crippen molar-refractivity contribution in [2.75, 3.05) is 0 Å². The van der Waals surface area contributed by atoms with Gasteiger partial charge < -0.3 is 14.6 Å². The van der Waals surface area contributed by atoms with Gasteiger partial charge in [-0.05, 0) is 17.5 Å². The molecule has 3 atom stereocenters. The molecule has 0 heterocycles. The van der Waals surface area contributed by atoms with Crippen LogP contribution in [0.3, 0.4) is 0 Å². The van der Waals surface area contributed by atoms with Crippen molar-refractivity contribution in [3.05, 3.63) is 83.9 Å². The van der Waals surface area contributed by atoms with Crippen LogP contribution in [-0.2, 0) is 22.7 Å². The van der Waals surface area contributed by atoms with Crippen molar-refractivity contribution >= 4 is 0 Å². The van der Waals surface area contributed by atoms with Gasteiger partial charge in [0.1, 0.15) is 0 Å². The molecule has 2 aromatic rings. The van der Waals surface area contributed by atoms with E-state index in [1.165, 1.54) is 0 Å². The lowest BCUT2D eigenvalue weighted by Gasteiger charge is -2.24. The second kappa shape index (κ2) is 8.78. The summed E-state index contributed by atoms with van der Waals surface area (Å²) in [6.45, 7) is 1.07. The molecule has 0 bridgehead atoms. The predicted octanol–water partition coefficient (Wildman–Crippen LogP) is 3.87. The van der Waals surface area contributed by atoms with Gasteiger partial charge in [0.15, 0.2) is 0 Å². The molecule has 126 valence electrons. The molecule has 3 heteroatoms. The minimum absolute atomic E-state index is 0.0388. The number of hydrogen-bond donors (Lipinski definition) is 1.